The summed E-state index contributed by atoms with van der Waals surface area (Å²) in [5.41, 5.74) is 3.06. The number of rotatable bonds is 4. The summed E-state index contributed by atoms with van der Waals surface area (Å²) in [6.07, 6.45) is 3.90. The highest BCUT2D eigenvalue weighted by molar-refractivity contribution is 5.87. The van der Waals surface area contributed by atoms with E-state index in [4.69, 9.17) is 9.47 Å². The zero-order chi connectivity index (χ0) is 17.1. The average Bonchev–Trinajstić information content (AvgIpc) is 2.55. The van der Waals surface area contributed by atoms with Crippen molar-refractivity contribution in [3.8, 4) is 17.2 Å². The summed E-state index contributed by atoms with van der Waals surface area (Å²) in [5.74, 6) is 1.10. The zero-order valence-electron chi connectivity index (χ0n) is 13.8. The van der Waals surface area contributed by atoms with Gasteiger partial charge in [-0.1, -0.05) is 25.5 Å². The predicted octanol–water partition coefficient (Wildman–Crippen LogP) is 4.42. The number of carbonyl (C=O) groups excluding carboxylic acids is 1. The average molecular weight is 324 g/mol. The molecule has 1 aliphatic heterocycles. The summed E-state index contributed by atoms with van der Waals surface area (Å²) in [6, 6.07) is 12.6. The van der Waals surface area contributed by atoms with Gasteiger partial charge in [-0.2, -0.15) is 0 Å². The first-order valence-electron chi connectivity index (χ1n) is 8.07. The Kier molecular flexibility index (Phi) is 4.56. The van der Waals surface area contributed by atoms with Crippen LogP contribution in [-0.4, -0.2) is 17.2 Å². The first-order chi connectivity index (χ1) is 11.6. The summed E-state index contributed by atoms with van der Waals surface area (Å²) in [5, 5.41) is 9.65. The van der Waals surface area contributed by atoms with Gasteiger partial charge >= 0.3 is 5.97 Å². The smallest absolute Gasteiger partial charge is 0.308 e. The number of fused-ring (bicyclic) bond motifs is 1. The third kappa shape index (κ3) is 3.43. The number of ether oxygens (including phenoxy) is 2. The van der Waals surface area contributed by atoms with Crippen molar-refractivity contribution in [1.82, 2.24) is 0 Å². The van der Waals surface area contributed by atoms with Gasteiger partial charge in [0.25, 0.3) is 0 Å². The van der Waals surface area contributed by atoms with E-state index in [1.54, 1.807) is 24.3 Å². The minimum atomic E-state index is -0.333. The van der Waals surface area contributed by atoms with Crippen LogP contribution in [0.5, 0.6) is 17.2 Å². The third-order valence-electron chi connectivity index (χ3n) is 3.92. The molecule has 2 aromatic rings. The molecule has 0 bridgehead atoms. The Bertz CT molecular complexity index is 775. The van der Waals surface area contributed by atoms with Crippen LogP contribution >= 0.6 is 0 Å². The largest absolute Gasteiger partial charge is 0.508 e. The lowest BCUT2D eigenvalue weighted by Gasteiger charge is -2.27. The molecule has 0 amide bonds. The fourth-order valence-corrected chi connectivity index (χ4v) is 2.85. The number of phenolic OH excluding ortho intramolecular Hbond substituents is 1. The van der Waals surface area contributed by atoms with E-state index in [9.17, 15) is 9.90 Å². The highest BCUT2D eigenvalue weighted by Crippen LogP contribution is 2.38. The minimum absolute atomic E-state index is 0.0659. The molecule has 1 aliphatic rings. The highest BCUT2D eigenvalue weighted by atomic mass is 16.5. The Morgan fingerprint density at radius 3 is 2.62 bits per heavy atom. The van der Waals surface area contributed by atoms with E-state index in [1.165, 1.54) is 6.92 Å². The van der Waals surface area contributed by atoms with Crippen molar-refractivity contribution < 1.29 is 19.4 Å². The van der Waals surface area contributed by atoms with Crippen molar-refractivity contribution in [2.75, 3.05) is 0 Å². The fraction of sp³-hybridized carbons (Fsp3) is 0.250. The molecule has 0 aliphatic carbocycles. The number of benzene rings is 2. The van der Waals surface area contributed by atoms with Crippen molar-refractivity contribution in [2.45, 2.75) is 32.8 Å². The maximum Gasteiger partial charge on any atom is 0.308 e. The summed E-state index contributed by atoms with van der Waals surface area (Å²) in [6.45, 7) is 3.50. The van der Waals surface area contributed by atoms with Gasteiger partial charge in [-0.3, -0.25) is 4.79 Å². The van der Waals surface area contributed by atoms with Crippen molar-refractivity contribution in [2.24, 2.45) is 0 Å². The van der Waals surface area contributed by atoms with Gasteiger partial charge in [-0.25, -0.2) is 0 Å². The first kappa shape index (κ1) is 16.1. The minimum Gasteiger partial charge on any atom is -0.508 e. The van der Waals surface area contributed by atoms with Crippen LogP contribution in [0.3, 0.4) is 0 Å². The Balaban J connectivity index is 1.96. The van der Waals surface area contributed by atoms with Crippen LogP contribution in [0, 0.1) is 0 Å². The molecule has 24 heavy (non-hydrogen) atoms. The van der Waals surface area contributed by atoms with Gasteiger partial charge in [0.05, 0.1) is 0 Å². The van der Waals surface area contributed by atoms with Gasteiger partial charge in [0, 0.05) is 24.1 Å². The molecule has 124 valence electrons. The molecule has 1 N–H and O–H groups in total. The second kappa shape index (κ2) is 6.79. The Morgan fingerprint density at radius 1 is 1.21 bits per heavy atom. The number of aromatic hydroxyl groups is 1. The monoisotopic (exact) mass is 324 g/mol. The van der Waals surface area contributed by atoms with E-state index in [-0.39, 0.29) is 17.8 Å². The van der Waals surface area contributed by atoms with Gasteiger partial charge in [-0.05, 0) is 42.3 Å². The normalized spacial score (nSPS) is 15.9. The maximum absolute atomic E-state index is 11.0. The Labute approximate surface area is 141 Å². The van der Waals surface area contributed by atoms with Crippen LogP contribution in [0.2, 0.25) is 0 Å². The van der Waals surface area contributed by atoms with Crippen LogP contribution < -0.4 is 9.47 Å². The third-order valence-corrected chi connectivity index (χ3v) is 3.92. The summed E-state index contributed by atoms with van der Waals surface area (Å²) >= 11 is 0. The fourth-order valence-electron chi connectivity index (χ4n) is 2.85. The van der Waals surface area contributed by atoms with Crippen LogP contribution in [-0.2, 0) is 4.79 Å². The maximum atomic E-state index is 11.0. The Hall–Kier alpha value is -2.75. The molecule has 0 spiro atoms. The summed E-state index contributed by atoms with van der Waals surface area (Å²) in [4.78, 5) is 11.0. The SMILES string of the molecule is CCCC1Oc2cc(O)ccc2C=C1c1ccc(OC(C)=O)cc1. The second-order valence-electron chi connectivity index (χ2n) is 5.83. The number of carbonyl (C=O) groups is 1. The lowest BCUT2D eigenvalue weighted by Crippen LogP contribution is -2.21. The Morgan fingerprint density at radius 2 is 1.96 bits per heavy atom. The quantitative estimate of drug-likeness (QED) is 0.668. The highest BCUT2D eigenvalue weighted by Gasteiger charge is 2.23. The number of hydrogen-bond donors (Lipinski definition) is 1. The molecule has 0 aromatic heterocycles. The van der Waals surface area contributed by atoms with Gasteiger partial charge in [0.2, 0.25) is 0 Å². The van der Waals surface area contributed by atoms with Gasteiger partial charge in [0.1, 0.15) is 23.4 Å². The van der Waals surface area contributed by atoms with Gasteiger partial charge in [0.15, 0.2) is 0 Å². The van der Waals surface area contributed by atoms with Crippen molar-refractivity contribution in [3.63, 3.8) is 0 Å². The predicted molar refractivity (Wildman–Crippen MR) is 93.1 cm³/mol. The van der Waals surface area contributed by atoms with Crippen LogP contribution in [0.4, 0.5) is 0 Å². The molecule has 0 saturated carbocycles. The molecule has 4 nitrogen and oxygen atoms in total. The molecule has 3 rings (SSSR count). The molecule has 0 fully saturated rings. The lowest BCUT2D eigenvalue weighted by atomic mass is 9.92. The van der Waals surface area contributed by atoms with Gasteiger partial charge in [-0.15, -0.1) is 0 Å². The molecule has 0 saturated heterocycles. The van der Waals surface area contributed by atoms with E-state index in [2.05, 4.69) is 13.0 Å². The zero-order valence-corrected chi connectivity index (χ0v) is 13.8. The summed E-state index contributed by atoms with van der Waals surface area (Å²) in [7, 11) is 0. The molecular formula is C20H20O4. The number of esters is 1. The molecule has 1 heterocycles. The second-order valence-corrected chi connectivity index (χ2v) is 5.83. The number of hydrogen-bond acceptors (Lipinski definition) is 4. The summed E-state index contributed by atoms with van der Waals surface area (Å²) < 4.78 is 11.2. The number of phenols is 1. The van der Waals surface area contributed by atoms with Crippen LogP contribution in [0.25, 0.3) is 11.6 Å². The topological polar surface area (TPSA) is 55.8 Å². The van der Waals surface area contributed by atoms with Crippen molar-refractivity contribution in [1.29, 1.82) is 0 Å². The molecule has 4 heteroatoms. The molecular weight excluding hydrogens is 304 g/mol. The first-order valence-corrected chi connectivity index (χ1v) is 8.07. The molecule has 0 radical (unpaired) electrons. The van der Waals surface area contributed by atoms with Crippen molar-refractivity contribution in [3.05, 3.63) is 53.6 Å². The molecule has 2 aromatic carbocycles. The molecule has 1 atom stereocenters. The van der Waals surface area contributed by atoms with Crippen LogP contribution in [0.15, 0.2) is 42.5 Å². The van der Waals surface area contributed by atoms with Crippen LogP contribution in [0.1, 0.15) is 37.8 Å². The lowest BCUT2D eigenvalue weighted by molar-refractivity contribution is -0.131. The van der Waals surface area contributed by atoms with Crippen molar-refractivity contribution >= 4 is 17.6 Å². The van der Waals surface area contributed by atoms with E-state index in [0.717, 1.165) is 29.5 Å². The molecule has 1 unspecified atom stereocenters. The van der Waals surface area contributed by atoms with E-state index < -0.39 is 0 Å². The van der Waals surface area contributed by atoms with Gasteiger partial charge < -0.3 is 14.6 Å². The van der Waals surface area contributed by atoms with E-state index >= 15 is 0 Å². The standard InChI is InChI=1S/C20H20O4/c1-3-4-19-18(11-15-5-8-16(22)12-20(15)24-19)14-6-9-17(10-7-14)23-13(2)21/h5-12,19,22H,3-4H2,1-2H3. The van der Waals surface area contributed by atoms with E-state index in [0.29, 0.717) is 11.5 Å². The van der Waals surface area contributed by atoms with E-state index in [1.807, 2.05) is 18.2 Å².